The second-order valence-corrected chi connectivity index (χ2v) is 6.65. The van der Waals surface area contributed by atoms with Gasteiger partial charge in [0.2, 0.25) is 0 Å². The summed E-state index contributed by atoms with van der Waals surface area (Å²) in [5.74, 6) is 2.53. The number of thioether (sulfide) groups is 1. The lowest BCUT2D eigenvalue weighted by Gasteiger charge is -2.12. The summed E-state index contributed by atoms with van der Waals surface area (Å²) in [6.45, 7) is 4.30. The molecule has 0 aliphatic carbocycles. The van der Waals surface area contributed by atoms with Gasteiger partial charge in [-0.2, -0.15) is 0 Å². The van der Waals surface area contributed by atoms with Gasteiger partial charge in [-0.1, -0.05) is 30.0 Å². The topological polar surface area (TPSA) is 66.0 Å². The van der Waals surface area contributed by atoms with Gasteiger partial charge in [0.1, 0.15) is 0 Å². The van der Waals surface area contributed by atoms with E-state index in [9.17, 15) is 0 Å². The van der Waals surface area contributed by atoms with Gasteiger partial charge >= 0.3 is 0 Å². The van der Waals surface area contributed by atoms with E-state index in [0.717, 1.165) is 42.1 Å². The molecule has 3 rings (SSSR count). The number of aromatic nitrogens is 3. The van der Waals surface area contributed by atoms with E-state index in [1.54, 1.807) is 11.8 Å². The summed E-state index contributed by atoms with van der Waals surface area (Å²) in [7, 11) is 0. The van der Waals surface area contributed by atoms with Gasteiger partial charge < -0.3 is 10.5 Å². The minimum absolute atomic E-state index is 0. The van der Waals surface area contributed by atoms with Crippen molar-refractivity contribution in [2.24, 2.45) is 11.7 Å². The van der Waals surface area contributed by atoms with E-state index < -0.39 is 0 Å². The normalized spacial score (nSPS) is 17.2. The summed E-state index contributed by atoms with van der Waals surface area (Å²) >= 11 is 1.75. The van der Waals surface area contributed by atoms with E-state index >= 15 is 0 Å². The third-order valence-electron chi connectivity index (χ3n) is 4.02. The molecule has 23 heavy (non-hydrogen) atoms. The summed E-state index contributed by atoms with van der Waals surface area (Å²) in [6.07, 6.45) is 2.34. The number of para-hydroxylation sites is 1. The van der Waals surface area contributed by atoms with Gasteiger partial charge in [-0.25, -0.2) is 0 Å². The van der Waals surface area contributed by atoms with Crippen LogP contribution in [-0.4, -0.2) is 33.7 Å². The molecule has 1 aromatic heterocycles. The van der Waals surface area contributed by atoms with Crippen molar-refractivity contribution in [3.05, 3.63) is 35.7 Å². The first-order valence-electron chi connectivity index (χ1n) is 7.70. The Bertz CT molecular complexity index is 628. The smallest absolute Gasteiger partial charge is 0.195 e. The van der Waals surface area contributed by atoms with Crippen LogP contribution >= 0.6 is 24.2 Å². The number of benzene rings is 1. The molecule has 0 saturated carbocycles. The standard InChI is InChI=1S/C16H22N4OS.ClH/c1-12-4-2-3-5-14(12)20-15(10-17)18-19-16(20)22-9-7-13-6-8-21-11-13;/h2-5,13H,6-11,17H2,1H3;1H. The van der Waals surface area contributed by atoms with Crippen LogP contribution in [0.1, 0.15) is 24.2 Å². The lowest BCUT2D eigenvalue weighted by Crippen LogP contribution is -2.09. The Morgan fingerprint density at radius 2 is 2.17 bits per heavy atom. The maximum Gasteiger partial charge on any atom is 0.195 e. The Balaban J connectivity index is 0.00000192. The van der Waals surface area contributed by atoms with Crippen LogP contribution in [0.15, 0.2) is 29.4 Å². The summed E-state index contributed by atoms with van der Waals surface area (Å²) in [5.41, 5.74) is 8.14. The van der Waals surface area contributed by atoms with Crippen LogP contribution in [0.3, 0.4) is 0 Å². The van der Waals surface area contributed by atoms with Gasteiger partial charge in [0.05, 0.1) is 12.2 Å². The number of nitrogens with zero attached hydrogens (tertiary/aromatic N) is 3. The molecular weight excluding hydrogens is 332 g/mol. The van der Waals surface area contributed by atoms with E-state index in [-0.39, 0.29) is 12.4 Å². The summed E-state index contributed by atoms with van der Waals surface area (Å²) in [5, 5.41) is 9.50. The highest BCUT2D eigenvalue weighted by Crippen LogP contribution is 2.26. The monoisotopic (exact) mass is 354 g/mol. The Kier molecular flexibility index (Phi) is 6.89. The zero-order chi connectivity index (χ0) is 15.4. The molecule has 1 fully saturated rings. The zero-order valence-electron chi connectivity index (χ0n) is 13.3. The van der Waals surface area contributed by atoms with Crippen molar-refractivity contribution in [3.63, 3.8) is 0 Å². The largest absolute Gasteiger partial charge is 0.381 e. The van der Waals surface area contributed by atoms with E-state index in [1.807, 2.05) is 12.1 Å². The fourth-order valence-corrected chi connectivity index (χ4v) is 3.78. The molecule has 1 unspecified atom stereocenters. The van der Waals surface area contributed by atoms with Crippen molar-refractivity contribution in [2.45, 2.75) is 31.5 Å². The van der Waals surface area contributed by atoms with Gasteiger partial charge in [-0.3, -0.25) is 4.57 Å². The van der Waals surface area contributed by atoms with Crippen molar-refractivity contribution in [1.82, 2.24) is 14.8 Å². The SMILES string of the molecule is Cc1ccccc1-n1c(CN)nnc1SCCC1CCOC1.Cl. The van der Waals surface area contributed by atoms with Crippen LogP contribution < -0.4 is 5.73 Å². The third kappa shape index (κ3) is 4.26. The predicted octanol–water partition coefficient (Wildman–Crippen LogP) is 2.97. The van der Waals surface area contributed by atoms with Gasteiger partial charge in [0.25, 0.3) is 0 Å². The molecule has 0 radical (unpaired) electrons. The first kappa shape index (κ1) is 18.3. The molecule has 0 spiro atoms. The molecule has 1 saturated heterocycles. The molecule has 0 bridgehead atoms. The van der Waals surface area contributed by atoms with Crippen LogP contribution in [-0.2, 0) is 11.3 Å². The lowest BCUT2D eigenvalue weighted by atomic mass is 10.1. The predicted molar refractivity (Wildman–Crippen MR) is 95.5 cm³/mol. The molecule has 2 heterocycles. The lowest BCUT2D eigenvalue weighted by molar-refractivity contribution is 0.185. The molecule has 1 aliphatic rings. The van der Waals surface area contributed by atoms with Crippen LogP contribution in [0, 0.1) is 12.8 Å². The van der Waals surface area contributed by atoms with Gasteiger partial charge in [-0.15, -0.1) is 22.6 Å². The summed E-state index contributed by atoms with van der Waals surface area (Å²) < 4.78 is 7.52. The number of ether oxygens (including phenoxy) is 1. The minimum Gasteiger partial charge on any atom is -0.381 e. The van der Waals surface area contributed by atoms with E-state index in [2.05, 4.69) is 33.8 Å². The summed E-state index contributed by atoms with van der Waals surface area (Å²) in [6, 6.07) is 8.26. The molecule has 7 heteroatoms. The number of hydrogen-bond donors (Lipinski definition) is 1. The quantitative estimate of drug-likeness (QED) is 0.808. The van der Waals surface area contributed by atoms with Gasteiger partial charge in [-0.05, 0) is 37.3 Å². The van der Waals surface area contributed by atoms with Crippen molar-refractivity contribution in [3.8, 4) is 5.69 Å². The van der Waals surface area contributed by atoms with E-state index in [0.29, 0.717) is 12.5 Å². The third-order valence-corrected chi connectivity index (χ3v) is 4.98. The maximum absolute atomic E-state index is 5.83. The average molecular weight is 355 g/mol. The Morgan fingerprint density at radius 1 is 1.35 bits per heavy atom. The van der Waals surface area contributed by atoms with Crippen LogP contribution in [0.25, 0.3) is 5.69 Å². The van der Waals surface area contributed by atoms with Gasteiger partial charge in [0.15, 0.2) is 11.0 Å². The number of rotatable bonds is 6. The van der Waals surface area contributed by atoms with Gasteiger partial charge in [0, 0.05) is 19.0 Å². The van der Waals surface area contributed by atoms with Crippen molar-refractivity contribution < 1.29 is 4.74 Å². The van der Waals surface area contributed by atoms with Crippen LogP contribution in [0.5, 0.6) is 0 Å². The second kappa shape index (κ2) is 8.68. The molecule has 126 valence electrons. The molecule has 2 aromatic rings. The Morgan fingerprint density at radius 3 is 2.87 bits per heavy atom. The first-order valence-corrected chi connectivity index (χ1v) is 8.69. The highest BCUT2D eigenvalue weighted by atomic mass is 35.5. The Hall–Kier alpha value is -1.08. The fraction of sp³-hybridized carbons (Fsp3) is 0.500. The fourth-order valence-electron chi connectivity index (χ4n) is 2.71. The number of halogens is 1. The highest BCUT2D eigenvalue weighted by Gasteiger charge is 2.18. The number of nitrogens with two attached hydrogens (primary N) is 1. The molecule has 2 N–H and O–H groups in total. The van der Waals surface area contributed by atoms with Crippen molar-refractivity contribution in [2.75, 3.05) is 19.0 Å². The van der Waals surface area contributed by atoms with Crippen LogP contribution in [0.4, 0.5) is 0 Å². The minimum atomic E-state index is 0. The number of aryl methyl sites for hydroxylation is 1. The molecule has 0 amide bonds. The molecule has 1 atom stereocenters. The average Bonchev–Trinajstić information content (AvgIpc) is 3.17. The molecule has 5 nitrogen and oxygen atoms in total. The Labute approximate surface area is 147 Å². The first-order chi connectivity index (χ1) is 10.8. The van der Waals surface area contributed by atoms with E-state index in [4.69, 9.17) is 10.5 Å². The van der Waals surface area contributed by atoms with Crippen LogP contribution in [0.2, 0.25) is 0 Å². The second-order valence-electron chi connectivity index (χ2n) is 5.59. The van der Waals surface area contributed by atoms with Crippen molar-refractivity contribution in [1.29, 1.82) is 0 Å². The number of hydrogen-bond acceptors (Lipinski definition) is 5. The maximum atomic E-state index is 5.83. The molecule has 1 aliphatic heterocycles. The molecule has 1 aromatic carbocycles. The highest BCUT2D eigenvalue weighted by molar-refractivity contribution is 7.99. The molecular formula is C16H23ClN4OS. The summed E-state index contributed by atoms with van der Waals surface area (Å²) in [4.78, 5) is 0. The van der Waals surface area contributed by atoms with E-state index in [1.165, 1.54) is 12.0 Å². The van der Waals surface area contributed by atoms with Crippen molar-refractivity contribution >= 4 is 24.2 Å². The zero-order valence-corrected chi connectivity index (χ0v) is 14.9.